The van der Waals surface area contributed by atoms with Gasteiger partial charge in [-0.25, -0.2) is 4.39 Å². The fourth-order valence-corrected chi connectivity index (χ4v) is 1.30. The highest BCUT2D eigenvalue weighted by Gasteiger charge is 2.29. The first-order valence-corrected chi connectivity index (χ1v) is 5.68. The maximum Gasteiger partial charge on any atom is 0.263 e. The molecule has 0 atom stereocenters. The number of hydrogen-bond acceptors (Lipinski definition) is 2. The number of carbonyl (C=O) groups is 1. The quantitative estimate of drug-likeness (QED) is 0.857. The van der Waals surface area contributed by atoms with Gasteiger partial charge in [0.05, 0.1) is 0 Å². The molecule has 1 aromatic rings. The minimum absolute atomic E-state index is 0.177. The van der Waals surface area contributed by atoms with Gasteiger partial charge in [-0.2, -0.15) is 0 Å². The van der Waals surface area contributed by atoms with E-state index in [1.807, 2.05) is 6.92 Å². The summed E-state index contributed by atoms with van der Waals surface area (Å²) in [5.74, 6) is -0.0303. The zero-order valence-electron chi connectivity index (χ0n) is 10.4. The summed E-state index contributed by atoms with van der Waals surface area (Å²) in [6, 6.07) is 5.61. The number of amides is 1. The maximum absolute atomic E-state index is 12.7. The Bertz CT molecular complexity index is 374. The number of benzene rings is 1. The van der Waals surface area contributed by atoms with E-state index in [9.17, 15) is 9.18 Å². The van der Waals surface area contributed by atoms with Gasteiger partial charge in [0.25, 0.3) is 5.91 Å². The Hall–Kier alpha value is -1.58. The molecule has 1 rings (SSSR count). The lowest BCUT2D eigenvalue weighted by molar-refractivity contribution is -0.134. The fraction of sp³-hybridized carbons (Fsp3) is 0.462. The van der Waals surface area contributed by atoms with Gasteiger partial charge in [0.2, 0.25) is 0 Å². The number of rotatable bonds is 5. The SMILES string of the molecule is CCCNC(=O)C(C)(C)Oc1ccc(F)cc1. The molecule has 0 aliphatic rings. The van der Waals surface area contributed by atoms with Crippen molar-refractivity contribution in [1.82, 2.24) is 5.32 Å². The topological polar surface area (TPSA) is 38.3 Å². The second kappa shape index (κ2) is 5.66. The Morgan fingerprint density at radius 2 is 1.94 bits per heavy atom. The van der Waals surface area contributed by atoms with Crippen LogP contribution in [-0.4, -0.2) is 18.1 Å². The molecule has 0 aliphatic carbocycles. The molecule has 0 aliphatic heterocycles. The Balaban J connectivity index is 2.65. The Labute approximate surface area is 101 Å². The zero-order valence-corrected chi connectivity index (χ0v) is 10.4. The molecule has 1 amide bonds. The van der Waals surface area contributed by atoms with Gasteiger partial charge in [0, 0.05) is 6.54 Å². The smallest absolute Gasteiger partial charge is 0.263 e. The average Bonchev–Trinajstić information content (AvgIpc) is 2.28. The van der Waals surface area contributed by atoms with Gasteiger partial charge in [-0.3, -0.25) is 4.79 Å². The van der Waals surface area contributed by atoms with Crippen molar-refractivity contribution in [3.05, 3.63) is 30.1 Å². The highest BCUT2D eigenvalue weighted by atomic mass is 19.1. The van der Waals surface area contributed by atoms with Crippen LogP contribution in [0.15, 0.2) is 24.3 Å². The highest BCUT2D eigenvalue weighted by molar-refractivity contribution is 5.84. The van der Waals surface area contributed by atoms with Gasteiger partial charge in [-0.05, 0) is 44.5 Å². The van der Waals surface area contributed by atoms with Gasteiger partial charge in [-0.15, -0.1) is 0 Å². The Kier molecular flexibility index (Phi) is 4.49. The van der Waals surface area contributed by atoms with Crippen LogP contribution in [0.5, 0.6) is 5.75 Å². The van der Waals surface area contributed by atoms with Crippen molar-refractivity contribution >= 4 is 5.91 Å². The summed E-state index contributed by atoms with van der Waals surface area (Å²) in [7, 11) is 0. The molecule has 1 aromatic carbocycles. The van der Waals surface area contributed by atoms with Crippen LogP contribution in [0, 0.1) is 5.82 Å². The van der Waals surface area contributed by atoms with Gasteiger partial charge >= 0.3 is 0 Å². The van der Waals surface area contributed by atoms with E-state index in [-0.39, 0.29) is 11.7 Å². The zero-order chi connectivity index (χ0) is 12.9. The lowest BCUT2D eigenvalue weighted by Crippen LogP contribution is -2.46. The van der Waals surface area contributed by atoms with Crippen molar-refractivity contribution in [2.45, 2.75) is 32.8 Å². The molecular weight excluding hydrogens is 221 g/mol. The van der Waals surface area contributed by atoms with Gasteiger partial charge in [-0.1, -0.05) is 6.92 Å². The van der Waals surface area contributed by atoms with Crippen molar-refractivity contribution < 1.29 is 13.9 Å². The Morgan fingerprint density at radius 1 is 1.35 bits per heavy atom. The number of ether oxygens (including phenoxy) is 1. The minimum atomic E-state index is -0.965. The van der Waals surface area contributed by atoms with Crippen LogP contribution in [0.4, 0.5) is 4.39 Å². The van der Waals surface area contributed by atoms with Crippen molar-refractivity contribution in [3.63, 3.8) is 0 Å². The van der Waals surface area contributed by atoms with Crippen LogP contribution < -0.4 is 10.1 Å². The van der Waals surface area contributed by atoms with Crippen LogP contribution in [0.25, 0.3) is 0 Å². The molecule has 0 saturated carbocycles. The molecule has 0 bridgehead atoms. The number of nitrogens with one attached hydrogen (secondary N) is 1. The molecule has 1 N–H and O–H groups in total. The first kappa shape index (κ1) is 13.5. The molecular formula is C13H18FNO2. The first-order chi connectivity index (χ1) is 7.95. The minimum Gasteiger partial charge on any atom is -0.478 e. The van der Waals surface area contributed by atoms with Crippen LogP contribution >= 0.6 is 0 Å². The summed E-state index contributed by atoms with van der Waals surface area (Å²) >= 11 is 0. The van der Waals surface area contributed by atoms with Gasteiger partial charge in [0.1, 0.15) is 11.6 Å². The van der Waals surface area contributed by atoms with E-state index in [4.69, 9.17) is 4.74 Å². The normalized spacial score (nSPS) is 11.1. The van der Waals surface area contributed by atoms with E-state index < -0.39 is 5.60 Å². The average molecular weight is 239 g/mol. The largest absolute Gasteiger partial charge is 0.478 e. The number of hydrogen-bond donors (Lipinski definition) is 1. The summed E-state index contributed by atoms with van der Waals surface area (Å²) in [5.41, 5.74) is -0.965. The third-order valence-corrected chi connectivity index (χ3v) is 2.27. The van der Waals surface area contributed by atoms with Crippen molar-refractivity contribution in [3.8, 4) is 5.75 Å². The second-order valence-electron chi connectivity index (χ2n) is 4.32. The molecule has 17 heavy (non-hydrogen) atoms. The summed E-state index contributed by atoms with van der Waals surface area (Å²) in [6.07, 6.45) is 0.873. The maximum atomic E-state index is 12.7. The van der Waals surface area contributed by atoms with Crippen molar-refractivity contribution in [1.29, 1.82) is 0 Å². The lowest BCUT2D eigenvalue weighted by Gasteiger charge is -2.25. The highest BCUT2D eigenvalue weighted by Crippen LogP contribution is 2.18. The molecule has 3 nitrogen and oxygen atoms in total. The summed E-state index contributed by atoms with van der Waals surface area (Å²) in [5, 5.41) is 2.77. The molecule has 0 fully saturated rings. The van der Waals surface area contributed by atoms with Crippen LogP contribution in [-0.2, 0) is 4.79 Å². The predicted octanol–water partition coefficient (Wildman–Crippen LogP) is 2.51. The van der Waals surface area contributed by atoms with E-state index in [0.717, 1.165) is 6.42 Å². The molecule has 4 heteroatoms. The van der Waals surface area contributed by atoms with E-state index in [0.29, 0.717) is 12.3 Å². The van der Waals surface area contributed by atoms with Crippen LogP contribution in [0.2, 0.25) is 0 Å². The summed E-state index contributed by atoms with van der Waals surface area (Å²) < 4.78 is 18.2. The molecule has 0 saturated heterocycles. The first-order valence-electron chi connectivity index (χ1n) is 5.68. The molecule has 0 spiro atoms. The van der Waals surface area contributed by atoms with Crippen molar-refractivity contribution in [2.24, 2.45) is 0 Å². The van der Waals surface area contributed by atoms with Crippen LogP contribution in [0.3, 0.4) is 0 Å². The molecule has 0 radical (unpaired) electrons. The Morgan fingerprint density at radius 3 is 2.47 bits per heavy atom. The van der Waals surface area contributed by atoms with Crippen molar-refractivity contribution in [2.75, 3.05) is 6.54 Å². The monoisotopic (exact) mass is 239 g/mol. The summed E-state index contributed by atoms with van der Waals surface area (Å²) in [4.78, 5) is 11.8. The van der Waals surface area contributed by atoms with E-state index >= 15 is 0 Å². The standard InChI is InChI=1S/C13H18FNO2/c1-4-9-15-12(16)13(2,3)17-11-7-5-10(14)6-8-11/h5-8H,4,9H2,1-3H3,(H,15,16). The second-order valence-corrected chi connectivity index (χ2v) is 4.32. The van der Waals surface area contributed by atoms with E-state index in [1.165, 1.54) is 24.3 Å². The predicted molar refractivity (Wildman–Crippen MR) is 64.4 cm³/mol. The third-order valence-electron chi connectivity index (χ3n) is 2.27. The molecule has 0 heterocycles. The van der Waals surface area contributed by atoms with E-state index in [2.05, 4.69) is 5.32 Å². The molecule has 94 valence electrons. The van der Waals surface area contributed by atoms with Crippen LogP contribution in [0.1, 0.15) is 27.2 Å². The number of halogens is 1. The fourth-order valence-electron chi connectivity index (χ4n) is 1.30. The van der Waals surface area contributed by atoms with Gasteiger partial charge < -0.3 is 10.1 Å². The van der Waals surface area contributed by atoms with E-state index in [1.54, 1.807) is 13.8 Å². The molecule has 0 unspecified atom stereocenters. The lowest BCUT2D eigenvalue weighted by atomic mass is 10.1. The van der Waals surface area contributed by atoms with Gasteiger partial charge in [0.15, 0.2) is 5.60 Å². The summed E-state index contributed by atoms with van der Waals surface area (Å²) in [6.45, 7) is 5.96. The third kappa shape index (κ3) is 4.06. The molecule has 0 aromatic heterocycles. The number of carbonyl (C=O) groups excluding carboxylic acids is 1.